The van der Waals surface area contributed by atoms with Gasteiger partial charge in [-0.2, -0.15) is 0 Å². The van der Waals surface area contributed by atoms with E-state index in [1.54, 1.807) is 31.2 Å². The number of benzene rings is 1. The third-order valence-electron chi connectivity index (χ3n) is 2.91. The van der Waals surface area contributed by atoms with Crippen LogP contribution in [0.3, 0.4) is 0 Å². The maximum Gasteiger partial charge on any atom is 0.117 e. The molecule has 3 aromatic rings. The van der Waals surface area contributed by atoms with Gasteiger partial charge in [0.05, 0.1) is 17.3 Å². The number of rotatable bonds is 3. The van der Waals surface area contributed by atoms with E-state index in [0.29, 0.717) is 5.69 Å². The fraction of sp³-hybridized carbons (Fsp3) is 0.133. The van der Waals surface area contributed by atoms with Crippen molar-refractivity contribution in [2.75, 3.05) is 0 Å². The van der Waals surface area contributed by atoms with E-state index in [4.69, 9.17) is 0 Å². The highest BCUT2D eigenvalue weighted by molar-refractivity contribution is 7.99. The Kier molecular flexibility index (Phi) is 3.62. The van der Waals surface area contributed by atoms with E-state index in [9.17, 15) is 5.11 Å². The number of pyridine rings is 1. The summed E-state index contributed by atoms with van der Waals surface area (Å²) in [6, 6.07) is 11.7. The summed E-state index contributed by atoms with van der Waals surface area (Å²) in [4.78, 5) is 13.8. The fourth-order valence-electron chi connectivity index (χ4n) is 1.87. The van der Waals surface area contributed by atoms with Crippen LogP contribution < -0.4 is 0 Å². The van der Waals surface area contributed by atoms with Crippen molar-refractivity contribution in [1.82, 2.24) is 15.0 Å². The summed E-state index contributed by atoms with van der Waals surface area (Å²) in [7, 11) is 0. The maximum absolute atomic E-state index is 9.46. The topological polar surface area (TPSA) is 58.9 Å². The number of aliphatic hydroxyl groups excluding tert-OH is 1. The molecule has 0 spiro atoms. The summed E-state index contributed by atoms with van der Waals surface area (Å²) in [6.45, 7) is 1.70. The maximum atomic E-state index is 9.46. The molecule has 1 aromatic carbocycles. The van der Waals surface area contributed by atoms with Crippen LogP contribution in [0.4, 0.5) is 0 Å². The first-order valence-electron chi connectivity index (χ1n) is 6.25. The van der Waals surface area contributed by atoms with Gasteiger partial charge in [0.1, 0.15) is 11.4 Å². The molecule has 20 heavy (non-hydrogen) atoms. The minimum absolute atomic E-state index is 0.547. The Balaban J connectivity index is 1.93. The second kappa shape index (κ2) is 5.56. The lowest BCUT2D eigenvalue weighted by Gasteiger charge is -2.06. The molecule has 1 N–H and O–H groups in total. The molecule has 3 rings (SSSR count). The zero-order valence-corrected chi connectivity index (χ0v) is 11.7. The van der Waals surface area contributed by atoms with Gasteiger partial charge in [-0.1, -0.05) is 30.0 Å². The summed E-state index contributed by atoms with van der Waals surface area (Å²) < 4.78 is 0. The van der Waals surface area contributed by atoms with E-state index in [0.717, 1.165) is 20.8 Å². The van der Waals surface area contributed by atoms with Crippen molar-refractivity contribution in [3.05, 3.63) is 54.6 Å². The highest BCUT2D eigenvalue weighted by atomic mass is 32.2. The smallest absolute Gasteiger partial charge is 0.117 e. The lowest BCUT2D eigenvalue weighted by molar-refractivity contribution is 0.194. The molecule has 2 heterocycles. The minimum Gasteiger partial charge on any atom is -0.387 e. The quantitative estimate of drug-likeness (QED) is 0.748. The van der Waals surface area contributed by atoms with Crippen molar-refractivity contribution < 1.29 is 5.11 Å². The SMILES string of the molecule is C[C@H](O)c1ccc(Sc2ncnc3ccccc23)cn1. The summed E-state index contributed by atoms with van der Waals surface area (Å²) in [5.41, 5.74) is 1.60. The van der Waals surface area contributed by atoms with Crippen LogP contribution in [0.5, 0.6) is 0 Å². The van der Waals surface area contributed by atoms with Gasteiger partial charge in [-0.25, -0.2) is 9.97 Å². The first-order valence-corrected chi connectivity index (χ1v) is 7.07. The molecule has 4 nitrogen and oxygen atoms in total. The van der Waals surface area contributed by atoms with Crippen LogP contribution in [0.15, 0.2) is 58.8 Å². The number of hydrogen-bond donors (Lipinski definition) is 1. The van der Waals surface area contributed by atoms with E-state index in [-0.39, 0.29) is 0 Å². The van der Waals surface area contributed by atoms with Crippen LogP contribution in [0.25, 0.3) is 10.9 Å². The van der Waals surface area contributed by atoms with Gasteiger partial charge in [-0.3, -0.25) is 4.98 Å². The highest BCUT2D eigenvalue weighted by Gasteiger charge is 2.07. The molecule has 1 atom stereocenters. The van der Waals surface area contributed by atoms with Crippen LogP contribution in [0, 0.1) is 0 Å². The molecule has 0 radical (unpaired) electrons. The molecule has 100 valence electrons. The molecule has 0 bridgehead atoms. The number of aromatic nitrogens is 3. The van der Waals surface area contributed by atoms with Crippen molar-refractivity contribution in [3.8, 4) is 0 Å². The average Bonchev–Trinajstić information content (AvgIpc) is 2.48. The summed E-state index contributed by atoms with van der Waals surface area (Å²) in [6.07, 6.45) is 2.78. The van der Waals surface area contributed by atoms with Crippen molar-refractivity contribution in [3.63, 3.8) is 0 Å². The molecule has 0 aliphatic heterocycles. The molecule has 5 heteroatoms. The van der Waals surface area contributed by atoms with Crippen molar-refractivity contribution in [1.29, 1.82) is 0 Å². The predicted octanol–water partition coefficient (Wildman–Crippen LogP) is 3.23. The van der Waals surface area contributed by atoms with E-state index >= 15 is 0 Å². The summed E-state index contributed by atoms with van der Waals surface area (Å²) >= 11 is 1.54. The number of para-hydroxylation sites is 1. The van der Waals surface area contributed by atoms with E-state index < -0.39 is 6.10 Å². The molecule has 0 amide bonds. The number of fused-ring (bicyclic) bond motifs is 1. The van der Waals surface area contributed by atoms with E-state index in [1.807, 2.05) is 36.4 Å². The predicted molar refractivity (Wildman–Crippen MR) is 78.5 cm³/mol. The Morgan fingerprint density at radius 1 is 1.05 bits per heavy atom. The van der Waals surface area contributed by atoms with Gasteiger partial charge >= 0.3 is 0 Å². The Morgan fingerprint density at radius 2 is 1.90 bits per heavy atom. The van der Waals surface area contributed by atoms with Crippen molar-refractivity contribution >= 4 is 22.7 Å². The molecular formula is C15H13N3OS. The summed E-state index contributed by atoms with van der Waals surface area (Å²) in [5, 5.41) is 11.4. The van der Waals surface area contributed by atoms with E-state index in [1.165, 1.54) is 0 Å². The molecule has 0 unspecified atom stereocenters. The average molecular weight is 283 g/mol. The third-order valence-corrected chi connectivity index (χ3v) is 3.90. The van der Waals surface area contributed by atoms with Gasteiger partial charge in [-0.15, -0.1) is 0 Å². The molecule has 0 aliphatic rings. The highest BCUT2D eigenvalue weighted by Crippen LogP contribution is 2.30. The van der Waals surface area contributed by atoms with Gasteiger partial charge in [0.15, 0.2) is 0 Å². The second-order valence-electron chi connectivity index (χ2n) is 4.39. The number of aliphatic hydroxyl groups is 1. The van der Waals surface area contributed by atoms with Crippen LogP contribution in [0.2, 0.25) is 0 Å². The van der Waals surface area contributed by atoms with Gasteiger partial charge in [0.25, 0.3) is 0 Å². The Morgan fingerprint density at radius 3 is 2.65 bits per heavy atom. The molecule has 2 aromatic heterocycles. The van der Waals surface area contributed by atoms with Crippen molar-refractivity contribution in [2.45, 2.75) is 22.9 Å². The number of nitrogens with zero attached hydrogens (tertiary/aromatic N) is 3. The van der Waals surface area contributed by atoms with Gasteiger partial charge in [0.2, 0.25) is 0 Å². The first-order chi connectivity index (χ1) is 9.74. The Labute approximate surface area is 120 Å². The van der Waals surface area contributed by atoms with Crippen LogP contribution >= 0.6 is 11.8 Å². The normalized spacial score (nSPS) is 12.5. The zero-order valence-electron chi connectivity index (χ0n) is 10.9. The molecule has 0 aliphatic carbocycles. The van der Waals surface area contributed by atoms with Crippen molar-refractivity contribution in [2.24, 2.45) is 0 Å². The van der Waals surface area contributed by atoms with E-state index in [2.05, 4.69) is 15.0 Å². The first kappa shape index (κ1) is 13.0. The van der Waals surface area contributed by atoms with Crippen LogP contribution in [-0.2, 0) is 0 Å². The Bertz CT molecular complexity index is 723. The van der Waals surface area contributed by atoms with Crippen LogP contribution in [0.1, 0.15) is 18.7 Å². The lowest BCUT2D eigenvalue weighted by Crippen LogP contribution is -1.94. The fourth-order valence-corrected chi connectivity index (χ4v) is 2.72. The van der Waals surface area contributed by atoms with Gasteiger partial charge in [0, 0.05) is 16.5 Å². The second-order valence-corrected chi connectivity index (χ2v) is 5.45. The molecule has 0 saturated carbocycles. The Hall–Kier alpha value is -1.98. The lowest BCUT2D eigenvalue weighted by atomic mass is 10.2. The molecule has 0 saturated heterocycles. The zero-order chi connectivity index (χ0) is 13.9. The molecular weight excluding hydrogens is 270 g/mol. The number of hydrogen-bond acceptors (Lipinski definition) is 5. The van der Waals surface area contributed by atoms with Gasteiger partial charge in [-0.05, 0) is 25.1 Å². The largest absolute Gasteiger partial charge is 0.387 e. The monoisotopic (exact) mass is 283 g/mol. The van der Waals surface area contributed by atoms with Crippen LogP contribution in [-0.4, -0.2) is 20.1 Å². The standard InChI is InChI=1S/C15H13N3OS/c1-10(19)13-7-6-11(8-16-13)20-15-12-4-2-3-5-14(12)17-9-18-15/h2-10,19H,1H3/t10-/m0/s1. The minimum atomic E-state index is -0.547. The molecule has 0 fully saturated rings. The summed E-state index contributed by atoms with van der Waals surface area (Å²) in [5.74, 6) is 0. The van der Waals surface area contributed by atoms with Gasteiger partial charge < -0.3 is 5.11 Å². The third kappa shape index (κ3) is 2.64.